The monoisotopic (exact) mass is 858 g/mol. The summed E-state index contributed by atoms with van der Waals surface area (Å²) in [5.41, 5.74) is 0. The highest BCUT2D eigenvalue weighted by atomic mass is 16.5. The Kier molecular flexibility index (Phi) is 49.1. The van der Waals surface area contributed by atoms with Crippen molar-refractivity contribution in [3.05, 3.63) is 36.5 Å². The molecule has 0 bridgehead atoms. The smallest absolute Gasteiger partial charge is 0.305 e. The number of esters is 1. The van der Waals surface area contributed by atoms with Gasteiger partial charge < -0.3 is 20.3 Å². The Morgan fingerprint density at radius 1 is 0.459 bits per heavy atom. The van der Waals surface area contributed by atoms with E-state index in [1.165, 1.54) is 186 Å². The van der Waals surface area contributed by atoms with Crippen LogP contribution in [0.5, 0.6) is 0 Å². The van der Waals surface area contributed by atoms with Crippen LogP contribution in [0.1, 0.15) is 277 Å². The van der Waals surface area contributed by atoms with Gasteiger partial charge in [0.1, 0.15) is 0 Å². The molecule has 0 aliphatic carbocycles. The molecule has 0 fully saturated rings. The van der Waals surface area contributed by atoms with Gasteiger partial charge in [-0.25, -0.2) is 0 Å². The Morgan fingerprint density at radius 3 is 1.28 bits per heavy atom. The van der Waals surface area contributed by atoms with Gasteiger partial charge in [0.2, 0.25) is 5.91 Å². The lowest BCUT2D eigenvalue weighted by Gasteiger charge is -2.22. The van der Waals surface area contributed by atoms with Gasteiger partial charge in [-0.05, 0) is 83.5 Å². The molecule has 6 nitrogen and oxygen atoms in total. The first-order chi connectivity index (χ1) is 30.0. The summed E-state index contributed by atoms with van der Waals surface area (Å²) >= 11 is 0. The van der Waals surface area contributed by atoms with Crippen molar-refractivity contribution in [1.82, 2.24) is 5.32 Å². The summed E-state index contributed by atoms with van der Waals surface area (Å²) in [7, 11) is 0. The largest absolute Gasteiger partial charge is 0.466 e. The molecule has 2 unspecified atom stereocenters. The van der Waals surface area contributed by atoms with E-state index in [-0.39, 0.29) is 18.5 Å². The fourth-order valence-electron chi connectivity index (χ4n) is 8.02. The van der Waals surface area contributed by atoms with Gasteiger partial charge >= 0.3 is 5.97 Å². The molecule has 0 radical (unpaired) electrons. The van der Waals surface area contributed by atoms with Gasteiger partial charge in [-0.2, -0.15) is 0 Å². The van der Waals surface area contributed by atoms with Crippen LogP contribution >= 0.6 is 0 Å². The van der Waals surface area contributed by atoms with Gasteiger partial charge in [0.25, 0.3) is 0 Å². The predicted molar refractivity (Wildman–Crippen MR) is 264 cm³/mol. The Balaban J connectivity index is 3.43. The van der Waals surface area contributed by atoms with Gasteiger partial charge in [0.05, 0.1) is 25.4 Å². The molecule has 0 spiro atoms. The molecular weight excluding hydrogens is 755 g/mol. The summed E-state index contributed by atoms with van der Waals surface area (Å²) in [4.78, 5) is 24.4. The van der Waals surface area contributed by atoms with Crippen LogP contribution in [0.25, 0.3) is 0 Å². The first kappa shape index (κ1) is 59.1. The fourth-order valence-corrected chi connectivity index (χ4v) is 8.02. The van der Waals surface area contributed by atoms with Gasteiger partial charge in [-0.1, -0.05) is 217 Å². The Hall–Kier alpha value is -1.92. The van der Waals surface area contributed by atoms with Crippen molar-refractivity contribution in [3.63, 3.8) is 0 Å². The van der Waals surface area contributed by atoms with Crippen molar-refractivity contribution >= 4 is 11.9 Å². The van der Waals surface area contributed by atoms with Crippen molar-refractivity contribution in [3.8, 4) is 0 Å². The zero-order valence-corrected chi connectivity index (χ0v) is 40.6. The maximum absolute atomic E-state index is 12.4. The molecule has 0 saturated carbocycles. The molecule has 0 heterocycles. The average molecular weight is 858 g/mol. The highest BCUT2D eigenvalue weighted by Gasteiger charge is 2.20. The number of nitrogens with one attached hydrogen (secondary N) is 1. The molecule has 0 rings (SSSR count). The topological polar surface area (TPSA) is 95.9 Å². The van der Waals surface area contributed by atoms with Crippen LogP contribution in [0.3, 0.4) is 0 Å². The number of aliphatic hydroxyl groups excluding tert-OH is 2. The number of hydrogen-bond donors (Lipinski definition) is 3. The van der Waals surface area contributed by atoms with E-state index in [9.17, 15) is 19.8 Å². The van der Waals surface area contributed by atoms with E-state index in [1.807, 2.05) is 0 Å². The van der Waals surface area contributed by atoms with Crippen molar-refractivity contribution in [2.24, 2.45) is 0 Å². The van der Waals surface area contributed by atoms with Crippen molar-refractivity contribution in [2.45, 2.75) is 289 Å². The van der Waals surface area contributed by atoms with Crippen LogP contribution in [0.4, 0.5) is 0 Å². The molecule has 3 N–H and O–H groups in total. The third-order valence-corrected chi connectivity index (χ3v) is 12.2. The maximum atomic E-state index is 12.4. The number of ether oxygens (including phenoxy) is 1. The molecule has 0 aliphatic heterocycles. The number of aliphatic hydroxyl groups is 2. The molecule has 2 atom stereocenters. The lowest BCUT2D eigenvalue weighted by molar-refractivity contribution is -0.143. The quantitative estimate of drug-likeness (QED) is 0.0322. The zero-order valence-electron chi connectivity index (χ0n) is 40.6. The second kappa shape index (κ2) is 50.7. The first-order valence-electron chi connectivity index (χ1n) is 26.7. The Labute approximate surface area is 379 Å². The van der Waals surface area contributed by atoms with E-state index in [0.29, 0.717) is 25.9 Å². The molecule has 0 aromatic carbocycles. The van der Waals surface area contributed by atoms with Crippen LogP contribution in [0, 0.1) is 0 Å². The van der Waals surface area contributed by atoms with Crippen LogP contribution in [-0.2, 0) is 14.3 Å². The standard InChI is InChI=1S/C55H103NO5/c1-3-5-7-9-11-13-14-15-16-23-26-29-33-37-41-45-49-55(60)61-50-46-42-38-34-30-27-24-21-19-17-18-20-22-25-28-32-36-40-44-48-54(59)56-52(51-57)53(58)47-43-39-35-31-12-10-8-6-4-2/h13-14,16-18,23,52-53,57-58H,3-12,15,19-22,24-51H2,1-2H3,(H,56,59)/b14-13-,18-17-,23-16-. The van der Waals surface area contributed by atoms with Gasteiger partial charge in [0.15, 0.2) is 0 Å². The molecule has 358 valence electrons. The van der Waals surface area contributed by atoms with E-state index >= 15 is 0 Å². The summed E-state index contributed by atoms with van der Waals surface area (Å²) in [6.45, 7) is 4.89. The van der Waals surface area contributed by atoms with Crippen molar-refractivity contribution in [2.75, 3.05) is 13.2 Å². The highest BCUT2D eigenvalue weighted by Crippen LogP contribution is 2.15. The van der Waals surface area contributed by atoms with Crippen molar-refractivity contribution < 1.29 is 24.5 Å². The number of carbonyl (C=O) groups is 2. The number of amides is 1. The molecule has 0 aromatic rings. The van der Waals surface area contributed by atoms with E-state index in [2.05, 4.69) is 55.6 Å². The van der Waals surface area contributed by atoms with Crippen LogP contribution in [-0.4, -0.2) is 47.4 Å². The van der Waals surface area contributed by atoms with Crippen molar-refractivity contribution in [1.29, 1.82) is 0 Å². The summed E-state index contributed by atoms with van der Waals surface area (Å²) in [6, 6.07) is -0.547. The van der Waals surface area contributed by atoms with Crippen LogP contribution in [0.2, 0.25) is 0 Å². The second-order valence-electron chi connectivity index (χ2n) is 18.2. The minimum absolute atomic E-state index is 0.0102. The zero-order chi connectivity index (χ0) is 44.4. The summed E-state index contributed by atoms with van der Waals surface area (Å²) in [6.07, 6.45) is 61.3. The summed E-state index contributed by atoms with van der Waals surface area (Å²) in [5.74, 6) is -0.0583. The van der Waals surface area contributed by atoms with E-state index in [0.717, 1.165) is 57.8 Å². The number of rotatable bonds is 49. The van der Waals surface area contributed by atoms with Gasteiger partial charge in [-0.3, -0.25) is 9.59 Å². The number of hydrogen-bond acceptors (Lipinski definition) is 5. The Morgan fingerprint density at radius 2 is 0.820 bits per heavy atom. The Bertz CT molecular complexity index is 993. The van der Waals surface area contributed by atoms with E-state index < -0.39 is 12.1 Å². The third kappa shape index (κ3) is 47.4. The van der Waals surface area contributed by atoms with E-state index in [4.69, 9.17) is 4.74 Å². The predicted octanol–water partition coefficient (Wildman–Crippen LogP) is 16.1. The van der Waals surface area contributed by atoms with Crippen LogP contribution in [0.15, 0.2) is 36.5 Å². The molecular formula is C55H103NO5. The molecule has 0 aromatic heterocycles. The SMILES string of the molecule is CCCCCC/C=C\C/C=C\CCCCCCCC(=O)OCCCCCCCCCC/C=C\CCCCCCCCCC(=O)NC(CO)C(O)CCCCCCCCCCC. The lowest BCUT2D eigenvalue weighted by Crippen LogP contribution is -2.45. The first-order valence-corrected chi connectivity index (χ1v) is 26.7. The van der Waals surface area contributed by atoms with Crippen LogP contribution < -0.4 is 5.32 Å². The van der Waals surface area contributed by atoms with Gasteiger partial charge in [0, 0.05) is 12.8 Å². The molecule has 61 heavy (non-hydrogen) atoms. The van der Waals surface area contributed by atoms with E-state index in [1.54, 1.807) is 0 Å². The summed E-state index contributed by atoms with van der Waals surface area (Å²) in [5, 5.41) is 23.1. The number of allylic oxidation sites excluding steroid dienone is 6. The highest BCUT2D eigenvalue weighted by molar-refractivity contribution is 5.76. The lowest BCUT2D eigenvalue weighted by atomic mass is 10.0. The molecule has 0 saturated heterocycles. The molecule has 6 heteroatoms. The maximum Gasteiger partial charge on any atom is 0.305 e. The number of unbranched alkanes of at least 4 members (excludes halogenated alkanes) is 32. The summed E-state index contributed by atoms with van der Waals surface area (Å²) < 4.78 is 5.46. The minimum Gasteiger partial charge on any atom is -0.466 e. The number of carbonyl (C=O) groups excluding carboxylic acids is 2. The average Bonchev–Trinajstić information content (AvgIpc) is 3.26. The minimum atomic E-state index is -0.668. The van der Waals surface area contributed by atoms with Gasteiger partial charge in [-0.15, -0.1) is 0 Å². The normalized spacial score (nSPS) is 12.9. The third-order valence-electron chi connectivity index (χ3n) is 12.2. The molecule has 1 amide bonds. The molecule has 0 aliphatic rings. The fraction of sp³-hybridized carbons (Fsp3) is 0.855. The second-order valence-corrected chi connectivity index (χ2v) is 18.2.